The Balaban J connectivity index is 1.56. The number of imidazole rings is 1. The van der Waals surface area contributed by atoms with E-state index < -0.39 is 0 Å². The van der Waals surface area contributed by atoms with E-state index in [4.69, 9.17) is 4.74 Å². The molecule has 0 saturated heterocycles. The van der Waals surface area contributed by atoms with Crippen LogP contribution in [-0.4, -0.2) is 22.6 Å². The number of hydrogen-bond donors (Lipinski definition) is 1. The van der Waals surface area contributed by atoms with Crippen LogP contribution in [0.5, 0.6) is 5.75 Å². The summed E-state index contributed by atoms with van der Waals surface area (Å²) in [5.41, 5.74) is 3.53. The summed E-state index contributed by atoms with van der Waals surface area (Å²) in [6.45, 7) is 1.01. The minimum absolute atomic E-state index is 0.140. The monoisotopic (exact) mass is 333 g/mol. The van der Waals surface area contributed by atoms with Crippen LogP contribution in [0.2, 0.25) is 0 Å². The number of fused-ring (bicyclic) bond motifs is 1. The molecule has 5 nitrogen and oxygen atoms in total. The molecular weight excluding hydrogens is 314 g/mol. The van der Waals surface area contributed by atoms with Crippen molar-refractivity contribution in [3.63, 3.8) is 0 Å². The van der Waals surface area contributed by atoms with Crippen molar-refractivity contribution in [3.8, 4) is 17.0 Å². The lowest BCUT2D eigenvalue weighted by Crippen LogP contribution is -2.11. The van der Waals surface area contributed by atoms with E-state index in [2.05, 4.69) is 14.9 Å². The first-order valence-corrected chi connectivity index (χ1v) is 8.35. The molecule has 1 aliphatic heterocycles. The van der Waals surface area contributed by atoms with E-state index >= 15 is 0 Å². The van der Waals surface area contributed by atoms with Gasteiger partial charge in [-0.3, -0.25) is 4.79 Å². The Labute approximate surface area is 146 Å². The molecule has 2 aromatic carbocycles. The van der Waals surface area contributed by atoms with Gasteiger partial charge in [0.1, 0.15) is 11.6 Å². The molecule has 0 saturated carbocycles. The summed E-state index contributed by atoms with van der Waals surface area (Å²) in [5, 5.41) is 2.96. The molecule has 2 heterocycles. The highest BCUT2D eigenvalue weighted by molar-refractivity contribution is 6.04. The molecule has 1 N–H and O–H groups in total. The first-order valence-electron chi connectivity index (χ1n) is 8.35. The Kier molecular flexibility index (Phi) is 3.98. The summed E-state index contributed by atoms with van der Waals surface area (Å²) in [6, 6.07) is 14.9. The number of hydrogen-bond acceptors (Lipinski definition) is 3. The highest BCUT2D eigenvalue weighted by atomic mass is 16.5. The molecule has 5 heteroatoms. The minimum Gasteiger partial charge on any atom is -0.497 e. The van der Waals surface area contributed by atoms with Gasteiger partial charge >= 0.3 is 0 Å². The maximum atomic E-state index is 12.4. The van der Waals surface area contributed by atoms with Gasteiger partial charge in [0.15, 0.2) is 0 Å². The Morgan fingerprint density at radius 2 is 2.04 bits per heavy atom. The molecule has 0 aliphatic carbocycles. The first kappa shape index (κ1) is 15.4. The number of nitrogens with zero attached hydrogens (tertiary/aromatic N) is 2. The van der Waals surface area contributed by atoms with Gasteiger partial charge in [0.05, 0.1) is 19.0 Å². The second kappa shape index (κ2) is 6.43. The molecule has 0 atom stereocenters. The van der Waals surface area contributed by atoms with Crippen LogP contribution in [0.15, 0.2) is 54.7 Å². The Bertz CT molecular complexity index is 913. The number of anilines is 1. The number of carbonyl (C=O) groups is 1. The van der Waals surface area contributed by atoms with E-state index in [1.165, 1.54) is 0 Å². The predicted molar refractivity (Wildman–Crippen MR) is 96.9 cm³/mol. The van der Waals surface area contributed by atoms with Gasteiger partial charge in [-0.05, 0) is 42.8 Å². The quantitative estimate of drug-likeness (QED) is 0.791. The minimum atomic E-state index is -0.140. The van der Waals surface area contributed by atoms with Crippen molar-refractivity contribution in [1.29, 1.82) is 0 Å². The third-order valence-electron chi connectivity index (χ3n) is 4.49. The summed E-state index contributed by atoms with van der Waals surface area (Å²) in [5.74, 6) is 1.73. The fourth-order valence-electron chi connectivity index (χ4n) is 3.19. The standard InChI is InChI=1S/C20H19N3O2/c1-25-17-9-7-14(8-10-17)20(24)22-16-5-2-4-15(12-16)18-13-21-19-6-3-11-23(18)19/h2,4-5,7-10,12-13H,3,6,11H2,1H3,(H,22,24). The van der Waals surface area contributed by atoms with Gasteiger partial charge in [0, 0.05) is 29.8 Å². The van der Waals surface area contributed by atoms with E-state index in [0.717, 1.165) is 47.9 Å². The van der Waals surface area contributed by atoms with Crippen molar-refractivity contribution < 1.29 is 9.53 Å². The highest BCUT2D eigenvalue weighted by Crippen LogP contribution is 2.27. The highest BCUT2D eigenvalue weighted by Gasteiger charge is 2.17. The number of benzene rings is 2. The van der Waals surface area contributed by atoms with Crippen LogP contribution in [-0.2, 0) is 13.0 Å². The fraction of sp³-hybridized carbons (Fsp3) is 0.200. The molecule has 0 unspecified atom stereocenters. The second-order valence-corrected chi connectivity index (χ2v) is 6.08. The molecule has 0 radical (unpaired) electrons. The van der Waals surface area contributed by atoms with E-state index in [9.17, 15) is 4.79 Å². The third-order valence-corrected chi connectivity index (χ3v) is 4.49. The predicted octanol–water partition coefficient (Wildman–Crippen LogP) is 3.76. The zero-order chi connectivity index (χ0) is 17.2. The topological polar surface area (TPSA) is 56.1 Å². The van der Waals surface area contributed by atoms with Gasteiger partial charge in [-0.2, -0.15) is 0 Å². The fourth-order valence-corrected chi connectivity index (χ4v) is 3.19. The summed E-state index contributed by atoms with van der Waals surface area (Å²) < 4.78 is 7.38. The SMILES string of the molecule is COc1ccc(C(=O)Nc2cccc(-c3cnc4n3CCC4)c2)cc1. The van der Waals surface area contributed by atoms with Crippen molar-refractivity contribution in [2.75, 3.05) is 12.4 Å². The van der Waals surface area contributed by atoms with Gasteiger partial charge in [-0.1, -0.05) is 12.1 Å². The molecule has 0 bridgehead atoms. The van der Waals surface area contributed by atoms with E-state index in [-0.39, 0.29) is 5.91 Å². The van der Waals surface area contributed by atoms with Gasteiger partial charge < -0.3 is 14.6 Å². The van der Waals surface area contributed by atoms with E-state index in [1.807, 2.05) is 30.5 Å². The van der Waals surface area contributed by atoms with Crippen molar-refractivity contribution in [2.24, 2.45) is 0 Å². The van der Waals surface area contributed by atoms with Crippen molar-refractivity contribution >= 4 is 11.6 Å². The zero-order valence-corrected chi connectivity index (χ0v) is 14.0. The lowest BCUT2D eigenvalue weighted by atomic mass is 10.1. The summed E-state index contributed by atoms with van der Waals surface area (Å²) >= 11 is 0. The maximum absolute atomic E-state index is 12.4. The van der Waals surface area contributed by atoms with E-state index in [1.54, 1.807) is 31.4 Å². The molecule has 25 heavy (non-hydrogen) atoms. The number of ether oxygens (including phenoxy) is 1. The molecule has 0 spiro atoms. The van der Waals surface area contributed by atoms with Crippen LogP contribution in [0, 0.1) is 0 Å². The molecule has 4 rings (SSSR count). The second-order valence-electron chi connectivity index (χ2n) is 6.08. The molecule has 0 fully saturated rings. The van der Waals surface area contributed by atoms with Crippen LogP contribution < -0.4 is 10.1 Å². The lowest BCUT2D eigenvalue weighted by molar-refractivity contribution is 0.102. The number of amides is 1. The van der Waals surface area contributed by atoms with Crippen LogP contribution in [0.3, 0.4) is 0 Å². The average molecular weight is 333 g/mol. The number of aromatic nitrogens is 2. The van der Waals surface area contributed by atoms with Crippen LogP contribution >= 0.6 is 0 Å². The normalized spacial score (nSPS) is 12.7. The summed E-state index contributed by atoms with van der Waals surface area (Å²) in [4.78, 5) is 16.9. The van der Waals surface area contributed by atoms with Gasteiger partial charge in [0.2, 0.25) is 0 Å². The lowest BCUT2D eigenvalue weighted by Gasteiger charge is -2.09. The molecule has 1 aliphatic rings. The van der Waals surface area contributed by atoms with Crippen LogP contribution in [0.25, 0.3) is 11.3 Å². The first-order chi connectivity index (χ1) is 12.2. The molecule has 126 valence electrons. The van der Waals surface area contributed by atoms with Crippen molar-refractivity contribution in [2.45, 2.75) is 19.4 Å². The van der Waals surface area contributed by atoms with Gasteiger partial charge in [0.25, 0.3) is 5.91 Å². The largest absolute Gasteiger partial charge is 0.497 e. The number of methoxy groups -OCH3 is 1. The van der Waals surface area contributed by atoms with Crippen LogP contribution in [0.1, 0.15) is 22.6 Å². The Hall–Kier alpha value is -3.08. The van der Waals surface area contributed by atoms with E-state index in [0.29, 0.717) is 5.56 Å². The average Bonchev–Trinajstić information content (AvgIpc) is 3.25. The zero-order valence-electron chi connectivity index (χ0n) is 14.0. The van der Waals surface area contributed by atoms with Gasteiger partial charge in [-0.15, -0.1) is 0 Å². The maximum Gasteiger partial charge on any atom is 0.255 e. The summed E-state index contributed by atoms with van der Waals surface area (Å²) in [7, 11) is 1.60. The number of rotatable bonds is 4. The van der Waals surface area contributed by atoms with Gasteiger partial charge in [-0.25, -0.2) is 4.98 Å². The Morgan fingerprint density at radius 3 is 2.84 bits per heavy atom. The molecular formula is C20H19N3O2. The third kappa shape index (κ3) is 3.01. The number of carbonyl (C=O) groups excluding carboxylic acids is 1. The Morgan fingerprint density at radius 1 is 1.20 bits per heavy atom. The van der Waals surface area contributed by atoms with Crippen LogP contribution in [0.4, 0.5) is 5.69 Å². The molecule has 1 amide bonds. The summed E-state index contributed by atoms with van der Waals surface area (Å²) in [6.07, 6.45) is 4.09. The molecule has 1 aromatic heterocycles. The van der Waals surface area contributed by atoms with Crippen molar-refractivity contribution in [3.05, 3.63) is 66.1 Å². The smallest absolute Gasteiger partial charge is 0.255 e. The van der Waals surface area contributed by atoms with Crippen molar-refractivity contribution in [1.82, 2.24) is 9.55 Å². The molecule has 3 aromatic rings. The number of aryl methyl sites for hydroxylation is 1. The number of nitrogens with one attached hydrogen (secondary N) is 1.